The van der Waals surface area contributed by atoms with Crippen molar-refractivity contribution in [1.82, 2.24) is 14.1 Å². The molecule has 0 saturated heterocycles. The van der Waals surface area contributed by atoms with Crippen LogP contribution in [-0.4, -0.2) is 14.1 Å². The van der Waals surface area contributed by atoms with Gasteiger partial charge in [0, 0.05) is 50.2 Å². The third-order valence-corrected chi connectivity index (χ3v) is 11.3. The Labute approximate surface area is 321 Å². The Morgan fingerprint density at radius 3 is 1.66 bits per heavy atom. The van der Waals surface area contributed by atoms with Crippen LogP contribution in [0.4, 0.5) is 17.1 Å². The standard InChI is InChI=1S/C51H32N4O/c1-2-15-34(16-3-1)53(42-22-12-14-33-13-4-5-17-37(33)42)35-24-26-36(27-25-35)54-43-20-8-6-18-40(43)48-45(54)30-28-38-39-29-31-46-49(51(39)56-50(38)48)41-19-7-9-21-44(41)55(46)47-23-10-11-32-52-47/h1-32H. The van der Waals surface area contributed by atoms with Crippen LogP contribution in [0.1, 0.15) is 0 Å². The Morgan fingerprint density at radius 2 is 0.964 bits per heavy atom. The lowest BCUT2D eigenvalue weighted by Gasteiger charge is -2.27. The second-order valence-electron chi connectivity index (χ2n) is 14.4. The number of aromatic nitrogens is 3. The van der Waals surface area contributed by atoms with E-state index in [4.69, 9.17) is 9.40 Å². The molecule has 4 heterocycles. The molecule has 0 amide bonds. The van der Waals surface area contributed by atoms with Crippen molar-refractivity contribution in [1.29, 1.82) is 0 Å². The minimum Gasteiger partial charge on any atom is -0.455 e. The molecule has 0 aliphatic rings. The number of fused-ring (bicyclic) bond motifs is 12. The van der Waals surface area contributed by atoms with Gasteiger partial charge in [-0.05, 0) is 96.4 Å². The summed E-state index contributed by atoms with van der Waals surface area (Å²) in [6, 6.07) is 66.8. The maximum atomic E-state index is 7.12. The van der Waals surface area contributed by atoms with Crippen molar-refractivity contribution in [2.45, 2.75) is 0 Å². The predicted octanol–water partition coefficient (Wildman–Crippen LogP) is 13.8. The number of rotatable bonds is 5. The minimum absolute atomic E-state index is 0.884. The fourth-order valence-corrected chi connectivity index (χ4v) is 8.97. The molecule has 4 aromatic heterocycles. The topological polar surface area (TPSA) is 39.1 Å². The lowest BCUT2D eigenvalue weighted by atomic mass is 10.1. The second kappa shape index (κ2) is 11.9. The number of hydrogen-bond donors (Lipinski definition) is 0. The SMILES string of the molecule is c1ccc(N(c2ccc(-n3c4ccccc4c4c5oc6c(ccc7c6c6ccccc6n7-c6ccccn6)c5ccc43)cc2)c2cccc3ccccc23)cc1. The lowest BCUT2D eigenvalue weighted by molar-refractivity contribution is 0.677. The van der Waals surface area contributed by atoms with Crippen molar-refractivity contribution in [3.8, 4) is 11.5 Å². The first-order valence-electron chi connectivity index (χ1n) is 19.0. The zero-order valence-corrected chi connectivity index (χ0v) is 30.2. The van der Waals surface area contributed by atoms with E-state index in [1.807, 2.05) is 18.3 Å². The molecule has 0 aliphatic heterocycles. The highest BCUT2D eigenvalue weighted by atomic mass is 16.3. The quantitative estimate of drug-likeness (QED) is 0.178. The first-order valence-corrected chi connectivity index (χ1v) is 19.0. The zero-order chi connectivity index (χ0) is 36.7. The molecule has 0 unspecified atom stereocenters. The van der Waals surface area contributed by atoms with Crippen LogP contribution >= 0.6 is 0 Å². The molecule has 0 saturated carbocycles. The normalized spacial score (nSPS) is 11.9. The summed E-state index contributed by atoms with van der Waals surface area (Å²) in [4.78, 5) is 7.08. The van der Waals surface area contributed by atoms with Crippen molar-refractivity contribution in [2.24, 2.45) is 0 Å². The fourth-order valence-electron chi connectivity index (χ4n) is 8.97. The van der Waals surface area contributed by atoms with Gasteiger partial charge in [0.05, 0.1) is 38.5 Å². The summed E-state index contributed by atoms with van der Waals surface area (Å²) in [5.41, 5.74) is 10.6. The Bertz CT molecular complexity index is 3460. The lowest BCUT2D eigenvalue weighted by Crippen LogP contribution is -2.10. The molecule has 262 valence electrons. The van der Waals surface area contributed by atoms with Crippen molar-refractivity contribution < 1.29 is 4.42 Å². The van der Waals surface area contributed by atoms with Crippen LogP contribution in [-0.2, 0) is 0 Å². The third-order valence-electron chi connectivity index (χ3n) is 11.3. The van der Waals surface area contributed by atoms with E-state index >= 15 is 0 Å². The molecule has 0 fully saturated rings. The molecule has 0 bridgehead atoms. The van der Waals surface area contributed by atoms with E-state index in [9.17, 15) is 0 Å². The molecule has 8 aromatic carbocycles. The summed E-state index contributed by atoms with van der Waals surface area (Å²) >= 11 is 0. The van der Waals surface area contributed by atoms with E-state index in [-0.39, 0.29) is 0 Å². The molecule has 0 spiro atoms. The maximum absolute atomic E-state index is 7.12. The van der Waals surface area contributed by atoms with Crippen LogP contribution in [0.25, 0.3) is 87.8 Å². The highest BCUT2D eigenvalue weighted by molar-refractivity contribution is 6.29. The highest BCUT2D eigenvalue weighted by Gasteiger charge is 2.23. The van der Waals surface area contributed by atoms with Gasteiger partial charge in [0.2, 0.25) is 0 Å². The van der Waals surface area contributed by atoms with Crippen LogP contribution in [0.2, 0.25) is 0 Å². The zero-order valence-electron chi connectivity index (χ0n) is 30.2. The molecule has 0 atom stereocenters. The van der Waals surface area contributed by atoms with E-state index in [0.29, 0.717) is 0 Å². The Morgan fingerprint density at radius 1 is 0.393 bits per heavy atom. The molecule has 56 heavy (non-hydrogen) atoms. The van der Waals surface area contributed by atoms with Gasteiger partial charge in [0.1, 0.15) is 17.0 Å². The summed E-state index contributed by atoms with van der Waals surface area (Å²) in [5.74, 6) is 0.884. The Kier molecular flexibility index (Phi) is 6.56. The molecule has 12 rings (SSSR count). The van der Waals surface area contributed by atoms with Gasteiger partial charge in [-0.15, -0.1) is 0 Å². The average molecular weight is 717 g/mol. The largest absolute Gasteiger partial charge is 0.455 e. The monoisotopic (exact) mass is 716 g/mol. The van der Waals surface area contributed by atoms with Gasteiger partial charge in [0.25, 0.3) is 0 Å². The number of pyridine rings is 1. The molecule has 0 N–H and O–H groups in total. The summed E-state index contributed by atoms with van der Waals surface area (Å²) in [6.07, 6.45) is 1.85. The number of furan rings is 1. The van der Waals surface area contributed by atoms with Gasteiger partial charge >= 0.3 is 0 Å². The van der Waals surface area contributed by atoms with Crippen molar-refractivity contribution >= 4 is 93.4 Å². The molecule has 5 nitrogen and oxygen atoms in total. The number of anilines is 3. The number of nitrogens with zero attached hydrogens (tertiary/aromatic N) is 4. The van der Waals surface area contributed by atoms with Crippen LogP contribution in [0.15, 0.2) is 199 Å². The fraction of sp³-hybridized carbons (Fsp3) is 0. The smallest absolute Gasteiger partial charge is 0.145 e. The summed E-state index contributed by atoms with van der Waals surface area (Å²) in [6.45, 7) is 0. The number of para-hydroxylation sites is 3. The summed E-state index contributed by atoms with van der Waals surface area (Å²) in [7, 11) is 0. The predicted molar refractivity (Wildman–Crippen MR) is 232 cm³/mol. The number of hydrogen-bond acceptors (Lipinski definition) is 3. The van der Waals surface area contributed by atoms with E-state index < -0.39 is 0 Å². The van der Waals surface area contributed by atoms with Crippen LogP contribution in [0.5, 0.6) is 0 Å². The highest BCUT2D eigenvalue weighted by Crippen LogP contribution is 2.45. The molecule has 0 aliphatic carbocycles. The van der Waals surface area contributed by atoms with Crippen molar-refractivity contribution in [3.63, 3.8) is 0 Å². The van der Waals surface area contributed by atoms with Crippen molar-refractivity contribution in [3.05, 3.63) is 194 Å². The second-order valence-corrected chi connectivity index (χ2v) is 14.4. The number of benzene rings is 8. The van der Waals surface area contributed by atoms with Crippen LogP contribution < -0.4 is 4.90 Å². The molecular formula is C51H32N4O. The van der Waals surface area contributed by atoms with Gasteiger partial charge in [-0.3, -0.25) is 4.57 Å². The van der Waals surface area contributed by atoms with Gasteiger partial charge in [-0.2, -0.15) is 0 Å². The summed E-state index contributed by atoms with van der Waals surface area (Å²) in [5, 5.41) is 9.14. The van der Waals surface area contributed by atoms with E-state index in [0.717, 1.165) is 94.1 Å². The Balaban J connectivity index is 1.07. The first kappa shape index (κ1) is 30.8. The molecular weight excluding hydrogens is 685 g/mol. The molecule has 5 heteroatoms. The van der Waals surface area contributed by atoms with Gasteiger partial charge in [-0.1, -0.05) is 97.1 Å². The van der Waals surface area contributed by atoms with Crippen LogP contribution in [0, 0.1) is 0 Å². The minimum atomic E-state index is 0.884. The Hall–Kier alpha value is -7.63. The van der Waals surface area contributed by atoms with Gasteiger partial charge < -0.3 is 13.9 Å². The van der Waals surface area contributed by atoms with Crippen LogP contribution in [0.3, 0.4) is 0 Å². The van der Waals surface area contributed by atoms with E-state index in [1.165, 1.54) is 10.8 Å². The van der Waals surface area contributed by atoms with E-state index in [2.05, 4.69) is 190 Å². The molecule has 0 radical (unpaired) electrons. The van der Waals surface area contributed by atoms with Gasteiger partial charge in [0.15, 0.2) is 0 Å². The first-order chi connectivity index (χ1) is 27.8. The maximum Gasteiger partial charge on any atom is 0.145 e. The third kappa shape index (κ3) is 4.39. The van der Waals surface area contributed by atoms with Crippen molar-refractivity contribution in [2.75, 3.05) is 4.90 Å². The summed E-state index contributed by atoms with van der Waals surface area (Å²) < 4.78 is 11.7. The van der Waals surface area contributed by atoms with E-state index in [1.54, 1.807) is 0 Å². The van der Waals surface area contributed by atoms with Gasteiger partial charge in [-0.25, -0.2) is 4.98 Å². The average Bonchev–Trinajstić information content (AvgIpc) is 3.92. The molecule has 12 aromatic rings.